The predicted molar refractivity (Wildman–Crippen MR) is 96.1 cm³/mol. The number of nitrogens with one attached hydrogen (secondary N) is 2. The monoisotopic (exact) mass is 362 g/mol. The second-order valence-electron chi connectivity index (χ2n) is 6.49. The summed E-state index contributed by atoms with van der Waals surface area (Å²) < 4.78 is 5.29. The zero-order valence-electron chi connectivity index (χ0n) is 14.3. The molecule has 0 spiro atoms. The van der Waals surface area contributed by atoms with E-state index in [2.05, 4.69) is 20.8 Å². The van der Waals surface area contributed by atoms with Gasteiger partial charge in [-0.25, -0.2) is 0 Å². The Kier molecular flexibility index (Phi) is 6.04. The third kappa shape index (κ3) is 5.03. The number of piperidine rings is 1. The highest BCUT2D eigenvalue weighted by molar-refractivity contribution is 6.30. The van der Waals surface area contributed by atoms with Crippen LogP contribution in [-0.2, 0) is 4.79 Å². The molecule has 2 aromatic rings. The Morgan fingerprint density at radius 2 is 2.08 bits per heavy atom. The molecule has 0 bridgehead atoms. The van der Waals surface area contributed by atoms with Gasteiger partial charge in [-0.1, -0.05) is 16.8 Å². The summed E-state index contributed by atoms with van der Waals surface area (Å²) in [5, 5.41) is 10.9. The van der Waals surface area contributed by atoms with Gasteiger partial charge < -0.3 is 15.2 Å². The molecule has 2 heterocycles. The van der Waals surface area contributed by atoms with E-state index >= 15 is 0 Å². The van der Waals surface area contributed by atoms with Crippen molar-refractivity contribution in [2.45, 2.75) is 38.6 Å². The van der Waals surface area contributed by atoms with Gasteiger partial charge in [-0.3, -0.25) is 4.79 Å². The maximum Gasteiger partial charge on any atom is 0.257 e. The molecule has 1 saturated heterocycles. The van der Waals surface area contributed by atoms with Crippen molar-refractivity contribution in [3.05, 3.63) is 35.1 Å². The largest absolute Gasteiger partial charge is 0.346 e. The van der Waals surface area contributed by atoms with Crippen molar-refractivity contribution in [1.29, 1.82) is 0 Å². The summed E-state index contributed by atoms with van der Waals surface area (Å²) in [7, 11) is 0. The standard InChI is InChI=1S/C18H23ClN4O2/c1-12(21-16(24)7-2-13-8-10-20-11-9-13)17-22-18(25-23-17)14-3-5-15(19)6-4-14/h3-6,12-13,20H,2,7-11H2,1H3,(H,21,24). The molecule has 1 fully saturated rings. The summed E-state index contributed by atoms with van der Waals surface area (Å²) in [6.45, 7) is 3.97. The Hall–Kier alpha value is -1.92. The van der Waals surface area contributed by atoms with Gasteiger partial charge in [0.25, 0.3) is 5.89 Å². The number of nitrogens with zero attached hydrogens (tertiary/aromatic N) is 2. The molecule has 134 valence electrons. The van der Waals surface area contributed by atoms with Gasteiger partial charge in [0.15, 0.2) is 5.82 Å². The molecule has 7 heteroatoms. The van der Waals surface area contributed by atoms with Gasteiger partial charge in [0.05, 0.1) is 6.04 Å². The van der Waals surface area contributed by atoms with Crippen LogP contribution in [0.25, 0.3) is 11.5 Å². The third-order valence-electron chi connectivity index (χ3n) is 4.54. The van der Waals surface area contributed by atoms with E-state index in [9.17, 15) is 4.79 Å². The molecule has 1 amide bonds. The van der Waals surface area contributed by atoms with Crippen LogP contribution >= 0.6 is 11.6 Å². The van der Waals surface area contributed by atoms with Crippen molar-refractivity contribution < 1.29 is 9.32 Å². The number of carbonyl (C=O) groups excluding carboxylic acids is 1. The average Bonchev–Trinajstić information content (AvgIpc) is 3.12. The lowest BCUT2D eigenvalue weighted by atomic mass is 9.93. The van der Waals surface area contributed by atoms with Crippen molar-refractivity contribution >= 4 is 17.5 Å². The van der Waals surface area contributed by atoms with Gasteiger partial charge >= 0.3 is 0 Å². The molecule has 1 aliphatic rings. The molecule has 0 saturated carbocycles. The molecule has 1 aromatic carbocycles. The van der Waals surface area contributed by atoms with Gasteiger partial charge in [0.1, 0.15) is 0 Å². The number of amides is 1. The van der Waals surface area contributed by atoms with Crippen LogP contribution in [0.15, 0.2) is 28.8 Å². The second-order valence-corrected chi connectivity index (χ2v) is 6.92. The van der Waals surface area contributed by atoms with Crippen LogP contribution < -0.4 is 10.6 Å². The quantitative estimate of drug-likeness (QED) is 0.823. The number of carbonyl (C=O) groups is 1. The highest BCUT2D eigenvalue weighted by Crippen LogP contribution is 2.22. The van der Waals surface area contributed by atoms with Crippen LogP contribution in [0.1, 0.15) is 44.5 Å². The van der Waals surface area contributed by atoms with Gasteiger partial charge in [0.2, 0.25) is 5.91 Å². The minimum absolute atomic E-state index is 0.0314. The molecule has 2 N–H and O–H groups in total. The van der Waals surface area contributed by atoms with Crippen LogP contribution in [-0.4, -0.2) is 29.1 Å². The fourth-order valence-electron chi connectivity index (χ4n) is 3.00. The minimum atomic E-state index is -0.287. The van der Waals surface area contributed by atoms with Crippen molar-refractivity contribution in [2.24, 2.45) is 5.92 Å². The normalized spacial score (nSPS) is 16.6. The number of hydrogen-bond donors (Lipinski definition) is 2. The first kappa shape index (κ1) is 17.9. The van der Waals surface area contributed by atoms with Gasteiger partial charge in [0, 0.05) is 17.0 Å². The van der Waals surface area contributed by atoms with E-state index in [4.69, 9.17) is 16.1 Å². The topological polar surface area (TPSA) is 80.0 Å². The van der Waals surface area contributed by atoms with Gasteiger partial charge in [-0.05, 0) is 69.5 Å². The van der Waals surface area contributed by atoms with E-state index in [0.717, 1.165) is 37.9 Å². The Bertz CT molecular complexity index is 695. The van der Waals surface area contributed by atoms with E-state index in [1.165, 1.54) is 0 Å². The molecule has 6 nitrogen and oxygen atoms in total. The number of aromatic nitrogens is 2. The van der Waals surface area contributed by atoms with E-state index in [1.807, 2.05) is 19.1 Å². The van der Waals surface area contributed by atoms with Crippen molar-refractivity contribution in [3.63, 3.8) is 0 Å². The van der Waals surface area contributed by atoms with Crippen molar-refractivity contribution in [2.75, 3.05) is 13.1 Å². The first-order chi connectivity index (χ1) is 12.1. The minimum Gasteiger partial charge on any atom is -0.346 e. The van der Waals surface area contributed by atoms with Crippen LogP contribution in [0.4, 0.5) is 0 Å². The average molecular weight is 363 g/mol. The van der Waals surface area contributed by atoms with Crippen LogP contribution in [0, 0.1) is 5.92 Å². The van der Waals surface area contributed by atoms with Crippen molar-refractivity contribution in [1.82, 2.24) is 20.8 Å². The third-order valence-corrected chi connectivity index (χ3v) is 4.79. The summed E-state index contributed by atoms with van der Waals surface area (Å²) in [5.74, 6) is 1.57. The summed E-state index contributed by atoms with van der Waals surface area (Å²) in [6.07, 6.45) is 3.77. The van der Waals surface area contributed by atoms with Crippen LogP contribution in [0.5, 0.6) is 0 Å². The highest BCUT2D eigenvalue weighted by Gasteiger charge is 2.19. The second kappa shape index (κ2) is 8.45. The van der Waals surface area contributed by atoms with Crippen molar-refractivity contribution in [3.8, 4) is 11.5 Å². The summed E-state index contributed by atoms with van der Waals surface area (Å²) in [6, 6.07) is 6.90. The fraction of sp³-hybridized carbons (Fsp3) is 0.500. The van der Waals surface area contributed by atoms with Crippen LogP contribution in [0.2, 0.25) is 5.02 Å². The van der Waals surface area contributed by atoms with Gasteiger partial charge in [-0.15, -0.1) is 0 Å². The Morgan fingerprint density at radius 3 is 2.80 bits per heavy atom. The Labute approximate surface area is 152 Å². The first-order valence-corrected chi connectivity index (χ1v) is 9.09. The SMILES string of the molecule is CC(NC(=O)CCC1CCNCC1)c1noc(-c2ccc(Cl)cc2)n1. The predicted octanol–water partition coefficient (Wildman–Crippen LogP) is 3.35. The maximum absolute atomic E-state index is 12.2. The molecule has 1 aliphatic heterocycles. The molecule has 0 aliphatic carbocycles. The van der Waals surface area contributed by atoms with E-state index < -0.39 is 0 Å². The number of halogens is 1. The van der Waals surface area contributed by atoms with E-state index in [-0.39, 0.29) is 11.9 Å². The van der Waals surface area contributed by atoms with E-state index in [1.54, 1.807) is 12.1 Å². The molecular weight excluding hydrogens is 340 g/mol. The molecule has 25 heavy (non-hydrogen) atoms. The fourth-order valence-corrected chi connectivity index (χ4v) is 3.13. The number of benzene rings is 1. The summed E-state index contributed by atoms with van der Waals surface area (Å²) in [4.78, 5) is 16.5. The molecule has 1 atom stereocenters. The lowest BCUT2D eigenvalue weighted by molar-refractivity contribution is -0.122. The number of hydrogen-bond acceptors (Lipinski definition) is 5. The molecule has 0 radical (unpaired) electrons. The molecule has 1 aromatic heterocycles. The lowest BCUT2D eigenvalue weighted by Gasteiger charge is -2.22. The summed E-state index contributed by atoms with van der Waals surface area (Å²) in [5.41, 5.74) is 0.799. The zero-order chi connectivity index (χ0) is 17.6. The summed E-state index contributed by atoms with van der Waals surface area (Å²) >= 11 is 5.88. The highest BCUT2D eigenvalue weighted by atomic mass is 35.5. The van der Waals surface area contributed by atoms with Gasteiger partial charge in [-0.2, -0.15) is 4.98 Å². The van der Waals surface area contributed by atoms with E-state index in [0.29, 0.717) is 29.1 Å². The zero-order valence-corrected chi connectivity index (χ0v) is 15.1. The molecule has 3 rings (SSSR count). The maximum atomic E-state index is 12.2. The Morgan fingerprint density at radius 1 is 1.36 bits per heavy atom. The first-order valence-electron chi connectivity index (χ1n) is 8.71. The smallest absolute Gasteiger partial charge is 0.257 e. The van der Waals surface area contributed by atoms with Crippen LogP contribution in [0.3, 0.4) is 0 Å². The molecule has 1 unspecified atom stereocenters. The number of rotatable bonds is 6. The Balaban J connectivity index is 1.51. The molecular formula is C18H23ClN4O2. The lowest BCUT2D eigenvalue weighted by Crippen LogP contribution is -2.30.